The Morgan fingerprint density at radius 2 is 1.75 bits per heavy atom. The molecule has 68 valence electrons. The highest BCUT2D eigenvalue weighted by molar-refractivity contribution is 4.68. The summed E-state index contributed by atoms with van der Waals surface area (Å²) in [4.78, 5) is 24.9. The van der Waals surface area contributed by atoms with Crippen molar-refractivity contribution >= 4 is 0 Å². The van der Waals surface area contributed by atoms with Gasteiger partial charge in [0, 0.05) is 14.1 Å². The van der Waals surface area contributed by atoms with Crippen LogP contribution in [0.4, 0.5) is 0 Å². The Balaban J connectivity index is 0.000000561. The average Bonchev–Trinajstić information content (AvgIpc) is 2.12. The molecule has 0 atom stereocenters. The molecule has 0 saturated heterocycles. The SMILES string of the molecule is CC.Cn1cnc(=O)n(C)c1=O. The molecular formula is C7H13N3O2. The van der Waals surface area contributed by atoms with Crippen LogP contribution in [0.25, 0.3) is 0 Å². The van der Waals surface area contributed by atoms with Gasteiger partial charge in [-0.05, 0) is 0 Å². The van der Waals surface area contributed by atoms with Crippen molar-refractivity contribution in [3.63, 3.8) is 0 Å². The largest absolute Gasteiger partial charge is 0.352 e. The lowest BCUT2D eigenvalue weighted by Gasteiger charge is -1.96. The minimum atomic E-state index is -0.525. The summed E-state index contributed by atoms with van der Waals surface area (Å²) in [5, 5.41) is 0. The van der Waals surface area contributed by atoms with Gasteiger partial charge in [-0.3, -0.25) is 4.57 Å². The minimum absolute atomic E-state index is 0.361. The van der Waals surface area contributed by atoms with Crippen LogP contribution in [0.15, 0.2) is 15.9 Å². The normalized spacial score (nSPS) is 8.67. The third-order valence-electron chi connectivity index (χ3n) is 1.22. The summed E-state index contributed by atoms with van der Waals surface area (Å²) in [5.74, 6) is 0. The fraction of sp³-hybridized carbons (Fsp3) is 0.571. The molecule has 0 saturated carbocycles. The van der Waals surface area contributed by atoms with Crippen molar-refractivity contribution in [3.8, 4) is 0 Å². The Kier molecular flexibility index (Phi) is 3.96. The maximum absolute atomic E-state index is 10.9. The monoisotopic (exact) mass is 171 g/mol. The van der Waals surface area contributed by atoms with E-state index < -0.39 is 5.69 Å². The van der Waals surface area contributed by atoms with E-state index in [1.165, 1.54) is 25.0 Å². The number of hydrogen-bond acceptors (Lipinski definition) is 3. The number of nitrogens with zero attached hydrogens (tertiary/aromatic N) is 3. The zero-order valence-electron chi connectivity index (χ0n) is 7.74. The highest BCUT2D eigenvalue weighted by Crippen LogP contribution is 1.60. The first-order valence-electron chi connectivity index (χ1n) is 3.71. The van der Waals surface area contributed by atoms with Crippen LogP contribution in [0.3, 0.4) is 0 Å². The van der Waals surface area contributed by atoms with E-state index >= 15 is 0 Å². The molecule has 1 aromatic heterocycles. The first-order chi connectivity index (χ1) is 5.63. The second-order valence-corrected chi connectivity index (χ2v) is 1.98. The fourth-order valence-electron chi connectivity index (χ4n) is 0.590. The number of aryl methyl sites for hydroxylation is 1. The summed E-state index contributed by atoms with van der Waals surface area (Å²) in [7, 11) is 2.92. The van der Waals surface area contributed by atoms with Crippen molar-refractivity contribution < 1.29 is 0 Å². The van der Waals surface area contributed by atoms with E-state index in [1.807, 2.05) is 13.8 Å². The Bertz CT molecular complexity index is 350. The van der Waals surface area contributed by atoms with Crippen LogP contribution in [-0.4, -0.2) is 14.1 Å². The molecule has 0 aliphatic rings. The third-order valence-corrected chi connectivity index (χ3v) is 1.22. The molecule has 0 aromatic carbocycles. The van der Waals surface area contributed by atoms with Crippen LogP contribution in [-0.2, 0) is 14.1 Å². The summed E-state index contributed by atoms with van der Waals surface area (Å²) in [6, 6.07) is 0. The highest BCUT2D eigenvalue weighted by atomic mass is 16.2. The Labute approximate surface area is 70.3 Å². The van der Waals surface area contributed by atoms with Gasteiger partial charge in [0.1, 0.15) is 6.33 Å². The number of hydrogen-bond donors (Lipinski definition) is 0. The van der Waals surface area contributed by atoms with E-state index in [-0.39, 0.29) is 5.69 Å². The first kappa shape index (κ1) is 10.6. The van der Waals surface area contributed by atoms with Crippen molar-refractivity contribution in [2.45, 2.75) is 13.8 Å². The van der Waals surface area contributed by atoms with E-state index in [1.54, 1.807) is 0 Å². The zero-order chi connectivity index (χ0) is 9.72. The van der Waals surface area contributed by atoms with E-state index in [0.717, 1.165) is 4.57 Å². The van der Waals surface area contributed by atoms with Gasteiger partial charge in [0.15, 0.2) is 0 Å². The molecule has 0 amide bonds. The molecule has 0 aliphatic carbocycles. The first-order valence-corrected chi connectivity index (χ1v) is 3.71. The molecule has 0 N–H and O–H groups in total. The molecule has 0 unspecified atom stereocenters. The molecule has 0 spiro atoms. The molecule has 0 bridgehead atoms. The lowest BCUT2D eigenvalue weighted by molar-refractivity contribution is 0.644. The van der Waals surface area contributed by atoms with Gasteiger partial charge in [0.25, 0.3) is 0 Å². The van der Waals surface area contributed by atoms with Crippen molar-refractivity contribution in [2.24, 2.45) is 14.1 Å². The summed E-state index contributed by atoms with van der Waals surface area (Å²) in [6.45, 7) is 4.00. The van der Waals surface area contributed by atoms with Gasteiger partial charge in [-0.2, -0.15) is 4.98 Å². The van der Waals surface area contributed by atoms with Crippen molar-refractivity contribution in [2.75, 3.05) is 0 Å². The van der Waals surface area contributed by atoms with Gasteiger partial charge in [-0.15, -0.1) is 0 Å². The van der Waals surface area contributed by atoms with Crippen LogP contribution < -0.4 is 11.4 Å². The van der Waals surface area contributed by atoms with E-state index in [9.17, 15) is 9.59 Å². The number of rotatable bonds is 0. The molecule has 5 nitrogen and oxygen atoms in total. The topological polar surface area (TPSA) is 56.9 Å². The fourth-order valence-corrected chi connectivity index (χ4v) is 0.590. The molecule has 1 rings (SSSR count). The zero-order valence-corrected chi connectivity index (χ0v) is 7.74. The maximum Gasteiger partial charge on any atom is 0.352 e. The van der Waals surface area contributed by atoms with Gasteiger partial charge in [0.05, 0.1) is 0 Å². The lowest BCUT2D eigenvalue weighted by atomic mass is 10.9. The molecule has 0 radical (unpaired) electrons. The summed E-state index contributed by atoms with van der Waals surface area (Å²) in [5.41, 5.74) is -0.886. The van der Waals surface area contributed by atoms with E-state index in [4.69, 9.17) is 0 Å². The molecular weight excluding hydrogens is 158 g/mol. The molecule has 1 aromatic rings. The predicted octanol–water partition coefficient (Wildman–Crippen LogP) is -0.495. The van der Waals surface area contributed by atoms with Crippen LogP contribution in [0, 0.1) is 0 Å². The number of aromatic nitrogens is 3. The van der Waals surface area contributed by atoms with Crippen LogP contribution >= 0.6 is 0 Å². The van der Waals surface area contributed by atoms with Gasteiger partial charge in [-0.25, -0.2) is 14.2 Å². The van der Waals surface area contributed by atoms with Crippen LogP contribution in [0.5, 0.6) is 0 Å². The Morgan fingerprint density at radius 3 is 2.17 bits per heavy atom. The van der Waals surface area contributed by atoms with Crippen molar-refractivity contribution in [1.29, 1.82) is 0 Å². The second-order valence-electron chi connectivity index (χ2n) is 1.98. The highest BCUT2D eigenvalue weighted by Gasteiger charge is 1.95. The van der Waals surface area contributed by atoms with Gasteiger partial charge in [-0.1, -0.05) is 13.8 Å². The second kappa shape index (κ2) is 4.48. The van der Waals surface area contributed by atoms with E-state index in [2.05, 4.69) is 4.98 Å². The summed E-state index contributed by atoms with van der Waals surface area (Å²) < 4.78 is 2.18. The lowest BCUT2D eigenvalue weighted by Crippen LogP contribution is -2.37. The standard InChI is InChI=1S/C5H7N3O2.C2H6/c1-7-3-6-4(9)8(2)5(7)10;1-2/h3H,1-2H3;1-2H3. The quantitative estimate of drug-likeness (QED) is 0.529. The molecule has 0 fully saturated rings. The van der Waals surface area contributed by atoms with Crippen molar-refractivity contribution in [3.05, 3.63) is 27.3 Å². The van der Waals surface area contributed by atoms with Gasteiger partial charge < -0.3 is 0 Å². The van der Waals surface area contributed by atoms with Crippen molar-refractivity contribution in [1.82, 2.24) is 14.1 Å². The Morgan fingerprint density at radius 1 is 1.25 bits per heavy atom. The summed E-state index contributed by atoms with van der Waals surface area (Å²) >= 11 is 0. The van der Waals surface area contributed by atoms with Gasteiger partial charge in [0.2, 0.25) is 0 Å². The van der Waals surface area contributed by atoms with Crippen LogP contribution in [0.2, 0.25) is 0 Å². The smallest absolute Gasteiger partial charge is 0.287 e. The minimum Gasteiger partial charge on any atom is -0.287 e. The maximum atomic E-state index is 10.9. The Hall–Kier alpha value is -1.39. The molecule has 1 heterocycles. The third kappa shape index (κ3) is 2.05. The van der Waals surface area contributed by atoms with Gasteiger partial charge >= 0.3 is 11.4 Å². The molecule has 12 heavy (non-hydrogen) atoms. The molecule has 5 heteroatoms. The predicted molar refractivity (Wildman–Crippen MR) is 46.1 cm³/mol. The molecule has 0 aliphatic heterocycles. The average molecular weight is 171 g/mol. The van der Waals surface area contributed by atoms with E-state index in [0.29, 0.717) is 0 Å². The summed E-state index contributed by atoms with van der Waals surface area (Å²) in [6.07, 6.45) is 1.20. The van der Waals surface area contributed by atoms with Crippen LogP contribution in [0.1, 0.15) is 13.8 Å².